The highest BCUT2D eigenvalue weighted by molar-refractivity contribution is 5.93. The molecule has 120 valence electrons. The standard InChI is InChI=1S/C18H16FN5/c1-3-12-9-16-14(10-15(12)19)17(21-18-22-20-11-24(16)18)23(2)13-7-5-4-6-8-13/h4-11H,3H2,1-2H3. The van der Waals surface area contributed by atoms with Crippen LogP contribution in [0.1, 0.15) is 12.5 Å². The summed E-state index contributed by atoms with van der Waals surface area (Å²) in [4.78, 5) is 6.52. The van der Waals surface area contributed by atoms with Gasteiger partial charge in [-0.15, -0.1) is 10.2 Å². The first-order valence-electron chi connectivity index (χ1n) is 7.79. The molecule has 0 fully saturated rings. The first-order chi connectivity index (χ1) is 11.7. The van der Waals surface area contributed by atoms with E-state index in [2.05, 4.69) is 15.2 Å². The van der Waals surface area contributed by atoms with Crippen molar-refractivity contribution in [3.05, 3.63) is 60.2 Å². The molecule has 0 bridgehead atoms. The number of hydrogen-bond acceptors (Lipinski definition) is 4. The number of aromatic nitrogens is 4. The first kappa shape index (κ1) is 14.6. The van der Waals surface area contributed by atoms with Gasteiger partial charge in [0.2, 0.25) is 0 Å². The average molecular weight is 321 g/mol. The summed E-state index contributed by atoms with van der Waals surface area (Å²) in [5.74, 6) is 0.925. The molecule has 24 heavy (non-hydrogen) atoms. The van der Waals surface area contributed by atoms with Gasteiger partial charge in [-0.3, -0.25) is 4.40 Å². The number of halogens is 1. The number of benzene rings is 2. The Balaban J connectivity index is 2.04. The lowest BCUT2D eigenvalue weighted by Crippen LogP contribution is -2.13. The Labute approximate surface area is 138 Å². The van der Waals surface area contributed by atoms with Crippen LogP contribution in [0.4, 0.5) is 15.9 Å². The molecule has 0 saturated carbocycles. The Kier molecular flexibility index (Phi) is 3.37. The van der Waals surface area contributed by atoms with Gasteiger partial charge in [0, 0.05) is 18.1 Å². The van der Waals surface area contributed by atoms with Crippen molar-refractivity contribution in [1.82, 2.24) is 19.6 Å². The third kappa shape index (κ3) is 2.19. The highest BCUT2D eigenvalue weighted by Crippen LogP contribution is 2.31. The van der Waals surface area contributed by atoms with Crippen molar-refractivity contribution >= 4 is 28.2 Å². The summed E-state index contributed by atoms with van der Waals surface area (Å²) in [6.07, 6.45) is 2.23. The van der Waals surface area contributed by atoms with Crippen LogP contribution in [0.3, 0.4) is 0 Å². The van der Waals surface area contributed by atoms with Crippen LogP contribution in [0.2, 0.25) is 0 Å². The molecule has 0 unspecified atom stereocenters. The van der Waals surface area contributed by atoms with Gasteiger partial charge in [-0.1, -0.05) is 25.1 Å². The largest absolute Gasteiger partial charge is 0.329 e. The van der Waals surface area contributed by atoms with Gasteiger partial charge in [-0.05, 0) is 36.2 Å². The molecule has 5 nitrogen and oxygen atoms in total. The van der Waals surface area contributed by atoms with Crippen LogP contribution < -0.4 is 4.90 Å². The first-order valence-corrected chi connectivity index (χ1v) is 7.79. The van der Waals surface area contributed by atoms with Gasteiger partial charge >= 0.3 is 0 Å². The van der Waals surface area contributed by atoms with Crippen molar-refractivity contribution in [2.45, 2.75) is 13.3 Å². The van der Waals surface area contributed by atoms with Crippen molar-refractivity contribution in [2.75, 3.05) is 11.9 Å². The van der Waals surface area contributed by atoms with Gasteiger partial charge in [0.1, 0.15) is 18.0 Å². The zero-order valence-electron chi connectivity index (χ0n) is 13.4. The highest BCUT2D eigenvalue weighted by Gasteiger charge is 2.16. The highest BCUT2D eigenvalue weighted by atomic mass is 19.1. The van der Waals surface area contributed by atoms with Crippen molar-refractivity contribution in [2.24, 2.45) is 0 Å². The fourth-order valence-electron chi connectivity index (χ4n) is 2.91. The maximum absolute atomic E-state index is 14.4. The molecule has 6 heteroatoms. The molecule has 0 N–H and O–H groups in total. The molecule has 2 heterocycles. The van der Waals surface area contributed by atoms with Gasteiger partial charge in [0.25, 0.3) is 5.78 Å². The lowest BCUT2D eigenvalue weighted by molar-refractivity contribution is 0.614. The van der Waals surface area contributed by atoms with Crippen LogP contribution in [-0.2, 0) is 6.42 Å². The Morgan fingerprint density at radius 3 is 2.71 bits per heavy atom. The molecule has 0 aliphatic carbocycles. The summed E-state index contributed by atoms with van der Waals surface area (Å²) >= 11 is 0. The summed E-state index contributed by atoms with van der Waals surface area (Å²) in [6, 6.07) is 13.2. The molecule has 0 aliphatic rings. The Morgan fingerprint density at radius 1 is 1.17 bits per heavy atom. The molecular formula is C18H16FN5. The van der Waals surface area contributed by atoms with E-state index in [0.29, 0.717) is 23.6 Å². The summed E-state index contributed by atoms with van der Waals surface area (Å²) in [5.41, 5.74) is 2.48. The zero-order valence-corrected chi connectivity index (χ0v) is 13.4. The number of nitrogens with zero attached hydrogens (tertiary/aromatic N) is 5. The number of aryl methyl sites for hydroxylation is 1. The lowest BCUT2D eigenvalue weighted by Gasteiger charge is -2.20. The molecule has 0 atom stereocenters. The third-order valence-electron chi connectivity index (χ3n) is 4.24. The van der Waals surface area contributed by atoms with E-state index in [9.17, 15) is 4.39 Å². The van der Waals surface area contributed by atoms with Crippen LogP contribution >= 0.6 is 0 Å². The van der Waals surface area contributed by atoms with Gasteiger partial charge in [0.05, 0.1) is 5.52 Å². The van der Waals surface area contributed by atoms with Crippen LogP contribution in [0, 0.1) is 5.82 Å². The zero-order chi connectivity index (χ0) is 16.7. The predicted molar refractivity (Wildman–Crippen MR) is 92.1 cm³/mol. The van der Waals surface area contributed by atoms with E-state index in [4.69, 9.17) is 0 Å². The topological polar surface area (TPSA) is 46.3 Å². The van der Waals surface area contributed by atoms with E-state index < -0.39 is 0 Å². The fraction of sp³-hybridized carbons (Fsp3) is 0.167. The van der Waals surface area contributed by atoms with Crippen LogP contribution in [0.25, 0.3) is 16.7 Å². The van der Waals surface area contributed by atoms with Crippen LogP contribution in [0.15, 0.2) is 48.8 Å². The molecule has 4 aromatic rings. The Bertz CT molecular complexity index is 1030. The minimum Gasteiger partial charge on any atom is -0.329 e. The Hall–Kier alpha value is -3.02. The van der Waals surface area contributed by atoms with Crippen LogP contribution in [0.5, 0.6) is 0 Å². The molecule has 2 aromatic heterocycles. The molecule has 0 amide bonds. The van der Waals surface area contributed by atoms with E-state index in [0.717, 1.165) is 16.6 Å². The summed E-state index contributed by atoms with van der Waals surface area (Å²) in [6.45, 7) is 1.94. The fourth-order valence-corrected chi connectivity index (χ4v) is 2.91. The van der Waals surface area contributed by atoms with Gasteiger partial charge in [0.15, 0.2) is 0 Å². The maximum Gasteiger partial charge on any atom is 0.257 e. The minimum atomic E-state index is -0.220. The minimum absolute atomic E-state index is 0.220. The van der Waals surface area contributed by atoms with Crippen LogP contribution in [-0.4, -0.2) is 26.6 Å². The SMILES string of the molecule is CCc1cc2c(cc1F)c(N(C)c1ccccc1)nc1nncn12. The summed E-state index contributed by atoms with van der Waals surface area (Å²) in [7, 11) is 1.91. The second-order valence-corrected chi connectivity index (χ2v) is 5.65. The molecule has 0 aliphatic heterocycles. The van der Waals surface area contributed by atoms with Crippen molar-refractivity contribution in [1.29, 1.82) is 0 Å². The number of anilines is 2. The molecule has 0 radical (unpaired) electrons. The third-order valence-corrected chi connectivity index (χ3v) is 4.24. The molecule has 2 aromatic carbocycles. The van der Waals surface area contributed by atoms with Gasteiger partial charge < -0.3 is 4.90 Å². The lowest BCUT2D eigenvalue weighted by atomic mass is 10.1. The monoisotopic (exact) mass is 321 g/mol. The van der Waals surface area contributed by atoms with E-state index in [-0.39, 0.29) is 5.82 Å². The number of para-hydroxylation sites is 1. The number of fused-ring (bicyclic) bond motifs is 3. The van der Waals surface area contributed by atoms with Gasteiger partial charge in [-0.25, -0.2) is 4.39 Å². The van der Waals surface area contributed by atoms with Crippen molar-refractivity contribution in [3.63, 3.8) is 0 Å². The van der Waals surface area contributed by atoms with E-state index in [1.54, 1.807) is 16.8 Å². The Morgan fingerprint density at radius 2 is 1.96 bits per heavy atom. The molecule has 0 saturated heterocycles. The van der Waals surface area contributed by atoms with E-state index >= 15 is 0 Å². The van der Waals surface area contributed by atoms with Gasteiger partial charge in [-0.2, -0.15) is 4.98 Å². The predicted octanol–water partition coefficient (Wildman–Crippen LogP) is 3.75. The number of hydrogen-bond donors (Lipinski definition) is 0. The summed E-state index contributed by atoms with van der Waals surface area (Å²) < 4.78 is 16.2. The molecular weight excluding hydrogens is 305 g/mol. The van der Waals surface area contributed by atoms with Crippen molar-refractivity contribution < 1.29 is 4.39 Å². The normalized spacial score (nSPS) is 11.3. The summed E-state index contributed by atoms with van der Waals surface area (Å²) in [5, 5.41) is 8.73. The molecule has 0 spiro atoms. The smallest absolute Gasteiger partial charge is 0.257 e. The quantitative estimate of drug-likeness (QED) is 0.576. The number of rotatable bonds is 3. The maximum atomic E-state index is 14.4. The average Bonchev–Trinajstić information content (AvgIpc) is 3.09. The second-order valence-electron chi connectivity index (χ2n) is 5.65. The van der Waals surface area contributed by atoms with E-state index in [1.807, 2.05) is 55.3 Å². The van der Waals surface area contributed by atoms with E-state index in [1.165, 1.54) is 0 Å². The molecule has 4 rings (SSSR count). The second kappa shape index (κ2) is 5.56. The van der Waals surface area contributed by atoms with Crippen molar-refractivity contribution in [3.8, 4) is 0 Å².